The Morgan fingerprint density at radius 2 is 2.29 bits per heavy atom. The topological polar surface area (TPSA) is 50.1 Å². The molecule has 0 aliphatic carbocycles. The van der Waals surface area contributed by atoms with E-state index in [4.69, 9.17) is 40.1 Å². The first-order valence-electron chi connectivity index (χ1n) is 3.63. The van der Waals surface area contributed by atoms with E-state index in [9.17, 15) is 4.79 Å². The lowest BCUT2D eigenvalue weighted by Gasteiger charge is -2.17. The third-order valence-electron chi connectivity index (χ3n) is 1.21. The van der Waals surface area contributed by atoms with E-state index in [0.717, 1.165) is 0 Å². The molecule has 6 heteroatoms. The van der Waals surface area contributed by atoms with Crippen molar-refractivity contribution in [1.29, 1.82) is 5.26 Å². The number of halogens is 3. The Morgan fingerprint density at radius 1 is 1.71 bits per heavy atom. The van der Waals surface area contributed by atoms with E-state index in [1.165, 1.54) is 6.08 Å². The first-order chi connectivity index (χ1) is 6.44. The fourth-order valence-electron chi connectivity index (χ4n) is 0.594. The minimum absolute atomic E-state index is 0.0134. The van der Waals surface area contributed by atoms with E-state index in [0.29, 0.717) is 0 Å². The lowest BCUT2D eigenvalue weighted by atomic mass is 10.2. The summed E-state index contributed by atoms with van der Waals surface area (Å²) < 4.78 is 2.83. The largest absolute Gasteiger partial charge is 0.459 e. The molecule has 0 aromatic heterocycles. The second-order valence-electron chi connectivity index (χ2n) is 2.39. The summed E-state index contributed by atoms with van der Waals surface area (Å²) in [7, 11) is 0. The SMILES string of the molecule is C=CCOC(=O)C(Cl)(Cl)CC(Cl)C#N. The van der Waals surface area contributed by atoms with Crippen LogP contribution in [0.3, 0.4) is 0 Å². The average molecular weight is 257 g/mol. The normalized spacial score (nSPS) is 12.7. The number of ether oxygens (including phenoxy) is 1. The predicted octanol–water partition coefficient (Wildman–Crippen LogP) is 2.41. The molecule has 0 N–H and O–H groups in total. The maximum atomic E-state index is 11.2. The number of hydrogen-bond acceptors (Lipinski definition) is 3. The summed E-state index contributed by atoms with van der Waals surface area (Å²) in [6.45, 7) is 3.36. The molecule has 78 valence electrons. The molecule has 0 amide bonds. The van der Waals surface area contributed by atoms with Gasteiger partial charge >= 0.3 is 5.97 Å². The van der Waals surface area contributed by atoms with Gasteiger partial charge in [0.15, 0.2) is 0 Å². The zero-order valence-electron chi connectivity index (χ0n) is 7.17. The number of alkyl halides is 3. The number of nitrogens with zero attached hydrogens (tertiary/aromatic N) is 1. The van der Waals surface area contributed by atoms with Crippen LogP contribution in [0.1, 0.15) is 6.42 Å². The zero-order valence-corrected chi connectivity index (χ0v) is 9.44. The summed E-state index contributed by atoms with van der Waals surface area (Å²) in [5.74, 6) is -0.832. The number of rotatable bonds is 5. The van der Waals surface area contributed by atoms with Crippen LogP contribution in [0.2, 0.25) is 0 Å². The fourth-order valence-corrected chi connectivity index (χ4v) is 1.40. The summed E-state index contributed by atoms with van der Waals surface area (Å²) in [5, 5.41) is 7.46. The molecule has 0 rings (SSSR count). The highest BCUT2D eigenvalue weighted by molar-refractivity contribution is 6.57. The highest BCUT2D eigenvalue weighted by atomic mass is 35.5. The van der Waals surface area contributed by atoms with Crippen molar-refractivity contribution in [3.63, 3.8) is 0 Å². The van der Waals surface area contributed by atoms with Gasteiger partial charge < -0.3 is 4.74 Å². The number of hydrogen-bond donors (Lipinski definition) is 0. The molecule has 0 fully saturated rings. The van der Waals surface area contributed by atoms with Gasteiger partial charge in [-0.25, -0.2) is 4.79 Å². The van der Waals surface area contributed by atoms with E-state index in [1.54, 1.807) is 6.07 Å². The van der Waals surface area contributed by atoms with Crippen molar-refractivity contribution in [3.05, 3.63) is 12.7 Å². The minimum atomic E-state index is -1.79. The van der Waals surface area contributed by atoms with E-state index in [1.807, 2.05) is 0 Å². The summed E-state index contributed by atoms with van der Waals surface area (Å²) in [6.07, 6.45) is 1.19. The van der Waals surface area contributed by atoms with Gasteiger partial charge in [-0.05, 0) is 0 Å². The van der Waals surface area contributed by atoms with Crippen molar-refractivity contribution in [2.24, 2.45) is 0 Å². The summed E-state index contributed by atoms with van der Waals surface area (Å²) in [6, 6.07) is 1.70. The average Bonchev–Trinajstić information content (AvgIpc) is 2.13. The van der Waals surface area contributed by atoms with Gasteiger partial charge in [-0.1, -0.05) is 35.9 Å². The maximum Gasteiger partial charge on any atom is 0.343 e. The Bertz CT molecular complexity index is 260. The number of carbonyl (C=O) groups excluding carboxylic acids is 1. The molecule has 0 bridgehead atoms. The number of esters is 1. The van der Waals surface area contributed by atoms with Crippen molar-refractivity contribution < 1.29 is 9.53 Å². The molecule has 1 unspecified atom stereocenters. The second kappa shape index (κ2) is 6.13. The molecule has 0 aliphatic heterocycles. The fraction of sp³-hybridized carbons (Fsp3) is 0.500. The van der Waals surface area contributed by atoms with Crippen molar-refractivity contribution in [3.8, 4) is 6.07 Å². The minimum Gasteiger partial charge on any atom is -0.459 e. The Labute approximate surface area is 97.2 Å². The van der Waals surface area contributed by atoms with Crippen LogP contribution in [0.5, 0.6) is 0 Å². The van der Waals surface area contributed by atoms with Crippen molar-refractivity contribution >= 4 is 40.8 Å². The standard InChI is InChI=1S/C8H8Cl3NO2/c1-2-3-14-7(13)8(10,11)4-6(9)5-12/h2,6H,1,3-4H2. The zero-order chi connectivity index (χ0) is 11.2. The third-order valence-corrected chi connectivity index (χ3v) is 2.08. The number of carbonyl (C=O) groups is 1. The van der Waals surface area contributed by atoms with Crippen LogP contribution in [-0.2, 0) is 9.53 Å². The molecule has 0 aromatic rings. The Morgan fingerprint density at radius 3 is 2.71 bits per heavy atom. The molecule has 0 saturated heterocycles. The molecule has 3 nitrogen and oxygen atoms in total. The Balaban J connectivity index is 4.23. The van der Waals surface area contributed by atoms with E-state index < -0.39 is 15.7 Å². The molecule has 0 heterocycles. The van der Waals surface area contributed by atoms with E-state index >= 15 is 0 Å². The molecule has 0 aliphatic rings. The molecule has 14 heavy (non-hydrogen) atoms. The Kier molecular flexibility index (Phi) is 5.94. The molecule has 1 atom stereocenters. The summed E-state index contributed by atoms with van der Waals surface area (Å²) >= 11 is 16.7. The second-order valence-corrected chi connectivity index (χ2v) is 4.40. The van der Waals surface area contributed by atoms with Crippen LogP contribution in [-0.4, -0.2) is 22.3 Å². The van der Waals surface area contributed by atoms with Crippen LogP contribution in [0.25, 0.3) is 0 Å². The highest BCUT2D eigenvalue weighted by Gasteiger charge is 2.37. The van der Waals surface area contributed by atoms with Crippen LogP contribution >= 0.6 is 34.8 Å². The first kappa shape index (κ1) is 13.6. The third kappa shape index (κ3) is 4.71. The molecular weight excluding hydrogens is 248 g/mol. The predicted molar refractivity (Wildman–Crippen MR) is 55.5 cm³/mol. The summed E-state index contributed by atoms with van der Waals surface area (Å²) in [4.78, 5) is 11.2. The summed E-state index contributed by atoms with van der Waals surface area (Å²) in [5.41, 5.74) is 0. The van der Waals surface area contributed by atoms with Crippen LogP contribution < -0.4 is 0 Å². The van der Waals surface area contributed by atoms with Gasteiger partial charge in [0.2, 0.25) is 4.33 Å². The molecule has 0 saturated carbocycles. The maximum absolute atomic E-state index is 11.2. The van der Waals surface area contributed by atoms with E-state index in [2.05, 4.69) is 11.3 Å². The van der Waals surface area contributed by atoms with E-state index in [-0.39, 0.29) is 13.0 Å². The lowest BCUT2D eigenvalue weighted by molar-refractivity contribution is -0.143. The Hall–Kier alpha value is -0.430. The van der Waals surface area contributed by atoms with Gasteiger partial charge in [0, 0.05) is 6.42 Å². The van der Waals surface area contributed by atoms with Gasteiger partial charge in [-0.15, -0.1) is 11.6 Å². The monoisotopic (exact) mass is 255 g/mol. The molecule has 0 spiro atoms. The smallest absolute Gasteiger partial charge is 0.343 e. The van der Waals surface area contributed by atoms with Crippen molar-refractivity contribution in [2.45, 2.75) is 16.1 Å². The highest BCUT2D eigenvalue weighted by Crippen LogP contribution is 2.30. The quantitative estimate of drug-likeness (QED) is 0.431. The van der Waals surface area contributed by atoms with Crippen molar-refractivity contribution in [1.82, 2.24) is 0 Å². The molecule has 0 aromatic carbocycles. The van der Waals surface area contributed by atoms with Crippen LogP contribution in [0, 0.1) is 11.3 Å². The van der Waals surface area contributed by atoms with Gasteiger partial charge in [-0.3, -0.25) is 0 Å². The number of nitriles is 1. The van der Waals surface area contributed by atoms with Crippen LogP contribution in [0.15, 0.2) is 12.7 Å². The van der Waals surface area contributed by atoms with Crippen LogP contribution in [0.4, 0.5) is 0 Å². The van der Waals surface area contributed by atoms with Gasteiger partial charge in [0.05, 0.1) is 6.07 Å². The van der Waals surface area contributed by atoms with Crippen molar-refractivity contribution in [2.75, 3.05) is 6.61 Å². The van der Waals surface area contributed by atoms with Gasteiger partial charge in [0.1, 0.15) is 12.0 Å². The van der Waals surface area contributed by atoms with Gasteiger partial charge in [-0.2, -0.15) is 5.26 Å². The van der Waals surface area contributed by atoms with Gasteiger partial charge in [0.25, 0.3) is 0 Å². The first-order valence-corrected chi connectivity index (χ1v) is 4.83. The molecule has 0 radical (unpaired) electrons. The lowest BCUT2D eigenvalue weighted by Crippen LogP contribution is -2.31. The molecular formula is C8H8Cl3NO2.